The molecule has 2 aliphatic rings. The lowest BCUT2D eigenvalue weighted by Crippen LogP contribution is -2.51. The number of halogens is 3. The predicted octanol–water partition coefficient (Wildman–Crippen LogP) is 0.523. The minimum atomic E-state index is -4.20. The Bertz CT molecular complexity index is 561. The zero-order valence-electron chi connectivity index (χ0n) is 13.3. The van der Waals surface area contributed by atoms with Crippen LogP contribution in [-0.4, -0.2) is 82.7 Å². The largest absolute Gasteiger partial charge is 0.401 e. The molecule has 134 valence electrons. The molecule has 24 heavy (non-hydrogen) atoms. The van der Waals surface area contributed by atoms with Gasteiger partial charge in [-0.1, -0.05) is 5.21 Å². The molecule has 0 bridgehead atoms. The average molecular weight is 346 g/mol. The van der Waals surface area contributed by atoms with Gasteiger partial charge in [0.1, 0.15) is 0 Å². The van der Waals surface area contributed by atoms with Gasteiger partial charge in [-0.3, -0.25) is 9.69 Å². The number of rotatable bonds is 3. The Morgan fingerprint density at radius 1 is 1.21 bits per heavy atom. The lowest BCUT2D eigenvalue weighted by Gasteiger charge is -2.34. The molecule has 1 N–H and O–H groups in total. The van der Waals surface area contributed by atoms with Gasteiger partial charge in [0.2, 0.25) is 0 Å². The highest BCUT2D eigenvalue weighted by molar-refractivity contribution is 5.92. The van der Waals surface area contributed by atoms with Crippen LogP contribution in [0.1, 0.15) is 29.4 Å². The highest BCUT2D eigenvalue weighted by Gasteiger charge is 2.33. The number of alkyl halides is 3. The van der Waals surface area contributed by atoms with E-state index in [4.69, 9.17) is 0 Å². The molecular formula is C14H21F3N6O. The second kappa shape index (κ2) is 7.06. The fourth-order valence-electron chi connectivity index (χ4n) is 3.15. The van der Waals surface area contributed by atoms with Gasteiger partial charge in [0, 0.05) is 26.2 Å². The van der Waals surface area contributed by atoms with Gasteiger partial charge in [0.05, 0.1) is 18.8 Å². The van der Waals surface area contributed by atoms with Gasteiger partial charge in [0.25, 0.3) is 5.91 Å². The molecule has 1 aromatic rings. The topological polar surface area (TPSA) is 66.3 Å². The minimum Gasteiger partial charge on any atom is -0.335 e. The van der Waals surface area contributed by atoms with Crippen LogP contribution < -0.4 is 5.32 Å². The fraction of sp³-hybridized carbons (Fsp3) is 0.786. The maximum absolute atomic E-state index is 12.4. The first-order chi connectivity index (χ1) is 11.4. The highest BCUT2D eigenvalue weighted by Crippen LogP contribution is 2.19. The van der Waals surface area contributed by atoms with Crippen molar-refractivity contribution in [3.63, 3.8) is 0 Å². The van der Waals surface area contributed by atoms with E-state index in [9.17, 15) is 18.0 Å². The fourth-order valence-corrected chi connectivity index (χ4v) is 3.15. The SMILES string of the molecule is O=C(c1cn(C2CCNCC2)nn1)N1CCN(CC(F)(F)F)CC1. The van der Waals surface area contributed by atoms with E-state index in [-0.39, 0.29) is 43.8 Å². The maximum Gasteiger partial charge on any atom is 0.401 e. The molecule has 0 spiro atoms. The summed E-state index contributed by atoms with van der Waals surface area (Å²) in [5.74, 6) is -0.262. The van der Waals surface area contributed by atoms with Crippen molar-refractivity contribution in [2.24, 2.45) is 0 Å². The number of nitrogens with zero attached hydrogens (tertiary/aromatic N) is 5. The zero-order valence-corrected chi connectivity index (χ0v) is 13.3. The van der Waals surface area contributed by atoms with Crippen LogP contribution in [0.25, 0.3) is 0 Å². The molecular weight excluding hydrogens is 325 g/mol. The van der Waals surface area contributed by atoms with Crippen LogP contribution in [0.4, 0.5) is 13.2 Å². The summed E-state index contributed by atoms with van der Waals surface area (Å²) in [5, 5.41) is 11.3. The third-order valence-corrected chi connectivity index (χ3v) is 4.47. The molecule has 0 unspecified atom stereocenters. The van der Waals surface area contributed by atoms with Crippen molar-refractivity contribution < 1.29 is 18.0 Å². The van der Waals surface area contributed by atoms with Crippen molar-refractivity contribution in [1.29, 1.82) is 0 Å². The van der Waals surface area contributed by atoms with Gasteiger partial charge in [-0.05, 0) is 25.9 Å². The monoisotopic (exact) mass is 346 g/mol. The van der Waals surface area contributed by atoms with E-state index in [1.165, 1.54) is 4.90 Å². The summed E-state index contributed by atoms with van der Waals surface area (Å²) >= 11 is 0. The molecule has 1 amide bonds. The van der Waals surface area contributed by atoms with Crippen molar-refractivity contribution in [3.05, 3.63) is 11.9 Å². The van der Waals surface area contributed by atoms with Crippen LogP contribution in [0.2, 0.25) is 0 Å². The van der Waals surface area contributed by atoms with E-state index in [1.807, 2.05) is 0 Å². The lowest BCUT2D eigenvalue weighted by atomic mass is 10.1. The summed E-state index contributed by atoms with van der Waals surface area (Å²) in [6.45, 7) is 1.87. The van der Waals surface area contributed by atoms with E-state index in [0.717, 1.165) is 25.9 Å². The van der Waals surface area contributed by atoms with Gasteiger partial charge < -0.3 is 10.2 Å². The van der Waals surface area contributed by atoms with Crippen LogP contribution >= 0.6 is 0 Å². The third kappa shape index (κ3) is 4.23. The molecule has 3 heterocycles. The second-order valence-corrected chi connectivity index (χ2v) is 6.25. The third-order valence-electron chi connectivity index (χ3n) is 4.47. The first kappa shape index (κ1) is 17.2. The summed E-state index contributed by atoms with van der Waals surface area (Å²) in [4.78, 5) is 15.3. The maximum atomic E-state index is 12.4. The summed E-state index contributed by atoms with van der Waals surface area (Å²) in [7, 11) is 0. The zero-order chi connectivity index (χ0) is 17.2. The first-order valence-electron chi connectivity index (χ1n) is 8.13. The van der Waals surface area contributed by atoms with E-state index < -0.39 is 12.7 Å². The first-order valence-corrected chi connectivity index (χ1v) is 8.13. The van der Waals surface area contributed by atoms with Crippen LogP contribution in [-0.2, 0) is 0 Å². The van der Waals surface area contributed by atoms with Crippen LogP contribution in [0, 0.1) is 0 Å². The standard InChI is InChI=1S/C14H21F3N6O/c15-14(16,17)10-21-5-7-22(8-6-21)13(24)12-9-23(20-19-12)11-1-3-18-4-2-11/h9,11,18H,1-8,10H2. The summed E-state index contributed by atoms with van der Waals surface area (Å²) < 4.78 is 38.9. The molecule has 0 aromatic carbocycles. The van der Waals surface area contributed by atoms with Crippen molar-refractivity contribution in [3.8, 4) is 0 Å². The molecule has 1 aromatic heterocycles. The van der Waals surface area contributed by atoms with Gasteiger partial charge >= 0.3 is 6.18 Å². The van der Waals surface area contributed by atoms with Crippen molar-refractivity contribution in [1.82, 2.24) is 30.1 Å². The van der Waals surface area contributed by atoms with Crippen LogP contribution in [0.15, 0.2) is 6.20 Å². The molecule has 3 rings (SSSR count). The number of amides is 1. The molecule has 0 aliphatic carbocycles. The van der Waals surface area contributed by atoms with E-state index in [1.54, 1.807) is 15.8 Å². The van der Waals surface area contributed by atoms with Gasteiger partial charge in [-0.25, -0.2) is 4.68 Å². The molecule has 7 nitrogen and oxygen atoms in total. The molecule has 10 heteroatoms. The smallest absolute Gasteiger partial charge is 0.335 e. The van der Waals surface area contributed by atoms with E-state index >= 15 is 0 Å². The predicted molar refractivity (Wildman–Crippen MR) is 79.6 cm³/mol. The lowest BCUT2D eigenvalue weighted by molar-refractivity contribution is -0.148. The summed E-state index contributed by atoms with van der Waals surface area (Å²) in [5.41, 5.74) is 0.262. The number of piperazine rings is 1. The number of aromatic nitrogens is 3. The summed E-state index contributed by atoms with van der Waals surface area (Å²) in [6.07, 6.45) is -0.676. The van der Waals surface area contributed by atoms with E-state index in [0.29, 0.717) is 0 Å². The number of carbonyl (C=O) groups excluding carboxylic acids is 1. The van der Waals surface area contributed by atoms with E-state index in [2.05, 4.69) is 15.6 Å². The van der Waals surface area contributed by atoms with Gasteiger partial charge in [-0.15, -0.1) is 5.10 Å². The Morgan fingerprint density at radius 2 is 1.88 bits per heavy atom. The molecule has 2 saturated heterocycles. The molecule has 2 fully saturated rings. The Balaban J connectivity index is 1.55. The highest BCUT2D eigenvalue weighted by atomic mass is 19.4. The van der Waals surface area contributed by atoms with Gasteiger partial charge in [-0.2, -0.15) is 13.2 Å². The quantitative estimate of drug-likeness (QED) is 0.865. The molecule has 0 saturated carbocycles. The van der Waals surface area contributed by atoms with Crippen molar-refractivity contribution in [2.45, 2.75) is 25.1 Å². The molecule has 0 atom stereocenters. The average Bonchev–Trinajstić information content (AvgIpc) is 3.04. The van der Waals surface area contributed by atoms with Crippen molar-refractivity contribution >= 4 is 5.91 Å². The number of piperidine rings is 1. The molecule has 2 aliphatic heterocycles. The number of hydrogen-bond acceptors (Lipinski definition) is 5. The normalized spacial score (nSPS) is 21.2. The van der Waals surface area contributed by atoms with Crippen LogP contribution in [0.3, 0.4) is 0 Å². The number of carbonyl (C=O) groups is 1. The minimum absolute atomic E-state index is 0.216. The Kier molecular flexibility index (Phi) is 5.04. The Hall–Kier alpha value is -1.68. The second-order valence-electron chi connectivity index (χ2n) is 6.25. The Labute approximate surface area is 137 Å². The van der Waals surface area contributed by atoms with Crippen molar-refractivity contribution in [2.75, 3.05) is 45.8 Å². The van der Waals surface area contributed by atoms with Gasteiger partial charge in [0.15, 0.2) is 5.69 Å². The number of hydrogen-bond donors (Lipinski definition) is 1. The Morgan fingerprint density at radius 3 is 2.50 bits per heavy atom. The van der Waals surface area contributed by atoms with Crippen LogP contribution in [0.5, 0.6) is 0 Å². The summed E-state index contributed by atoms with van der Waals surface area (Å²) in [6, 6.07) is 0.240. The number of nitrogens with one attached hydrogen (secondary N) is 1. The molecule has 0 radical (unpaired) electrons.